The molecule has 0 bridgehead atoms. The quantitative estimate of drug-likeness (QED) is 0.629. The molecule has 1 aromatic rings. The van der Waals surface area contributed by atoms with E-state index in [1.807, 2.05) is 31.2 Å². The van der Waals surface area contributed by atoms with Crippen molar-refractivity contribution in [3.8, 4) is 0 Å². The fourth-order valence-corrected chi connectivity index (χ4v) is 3.69. The topological polar surface area (TPSA) is 61.4 Å². The first-order valence-electron chi connectivity index (χ1n) is 9.02. The highest BCUT2D eigenvalue weighted by Crippen LogP contribution is 2.38. The fourth-order valence-electron chi connectivity index (χ4n) is 3.50. The molecule has 0 aromatic heterocycles. The van der Waals surface area contributed by atoms with E-state index in [-0.39, 0.29) is 11.8 Å². The van der Waals surface area contributed by atoms with Crippen LogP contribution in [-0.2, 0) is 10.4 Å². The van der Waals surface area contributed by atoms with Crippen molar-refractivity contribution in [3.05, 3.63) is 34.9 Å². The number of nitrogens with one attached hydrogen (secondary N) is 2. The van der Waals surface area contributed by atoms with E-state index in [2.05, 4.69) is 10.6 Å². The summed E-state index contributed by atoms with van der Waals surface area (Å²) in [5.41, 5.74) is -0.0306. The van der Waals surface area contributed by atoms with Gasteiger partial charge in [-0.1, -0.05) is 30.7 Å². The van der Waals surface area contributed by atoms with E-state index in [1.54, 1.807) is 0 Å². The maximum Gasteiger partial charge on any atom is 0.219 e. The Hall–Kier alpha value is -1.10. The minimum absolute atomic E-state index is 0.0862. The maximum atomic E-state index is 11.6. The van der Waals surface area contributed by atoms with Crippen molar-refractivity contribution in [2.45, 2.75) is 51.0 Å². The van der Waals surface area contributed by atoms with E-state index in [9.17, 15) is 9.90 Å². The number of aliphatic hydroxyl groups is 1. The van der Waals surface area contributed by atoms with Gasteiger partial charge >= 0.3 is 0 Å². The number of carbonyl (C=O) groups is 1. The Balaban J connectivity index is 2.04. The highest BCUT2D eigenvalue weighted by atomic mass is 35.5. The van der Waals surface area contributed by atoms with E-state index in [0.717, 1.165) is 44.3 Å². The highest BCUT2D eigenvalue weighted by molar-refractivity contribution is 6.30. The van der Waals surface area contributed by atoms with Gasteiger partial charge in [0.25, 0.3) is 0 Å². The summed E-state index contributed by atoms with van der Waals surface area (Å²) in [6, 6.07) is 7.54. The molecule has 3 N–H and O–H groups in total. The van der Waals surface area contributed by atoms with E-state index in [0.29, 0.717) is 24.4 Å². The van der Waals surface area contributed by atoms with Crippen LogP contribution in [0.3, 0.4) is 0 Å². The molecule has 134 valence electrons. The van der Waals surface area contributed by atoms with Crippen LogP contribution in [0.2, 0.25) is 5.02 Å². The third kappa shape index (κ3) is 5.20. The molecule has 4 nitrogen and oxygen atoms in total. The van der Waals surface area contributed by atoms with Gasteiger partial charge in [-0.05, 0) is 56.3 Å². The lowest BCUT2D eigenvalue weighted by atomic mass is 9.74. The standard InChI is InChI=1S/C19H29ClN2O2/c1-2-6-18(23)22-12-5-10-19(24,16-8-4-11-21-14-16)15-7-3-9-17(20)13-15/h3,7,9,13,16,21,24H,2,4-6,8,10-12,14H2,1H3,(H,22,23)/t16-,19-/m1/s1. The third-order valence-corrected chi connectivity index (χ3v) is 5.07. The first-order valence-corrected chi connectivity index (χ1v) is 9.40. The zero-order valence-corrected chi connectivity index (χ0v) is 15.2. The average molecular weight is 353 g/mol. The average Bonchev–Trinajstić information content (AvgIpc) is 2.59. The Morgan fingerprint density at radius 1 is 1.50 bits per heavy atom. The maximum absolute atomic E-state index is 11.6. The number of piperidine rings is 1. The van der Waals surface area contributed by atoms with E-state index in [1.165, 1.54) is 0 Å². The molecule has 1 saturated heterocycles. The third-order valence-electron chi connectivity index (χ3n) is 4.83. The molecule has 5 heteroatoms. The molecular weight excluding hydrogens is 324 g/mol. The SMILES string of the molecule is CCCC(=O)NCCC[C@@](O)(c1cccc(Cl)c1)[C@@H]1CCCNC1. The summed E-state index contributed by atoms with van der Waals surface area (Å²) in [5, 5.41) is 18.5. The molecule has 0 unspecified atom stereocenters. The lowest BCUT2D eigenvalue weighted by Gasteiger charge is -2.39. The summed E-state index contributed by atoms with van der Waals surface area (Å²) in [7, 11) is 0. The van der Waals surface area contributed by atoms with Gasteiger partial charge in [-0.3, -0.25) is 4.79 Å². The van der Waals surface area contributed by atoms with Crippen molar-refractivity contribution in [1.29, 1.82) is 0 Å². The normalized spacial score (nSPS) is 20.4. The van der Waals surface area contributed by atoms with Crippen LogP contribution in [0.15, 0.2) is 24.3 Å². The van der Waals surface area contributed by atoms with Gasteiger partial charge in [-0.2, -0.15) is 0 Å². The van der Waals surface area contributed by atoms with Crippen molar-refractivity contribution in [2.24, 2.45) is 5.92 Å². The first-order chi connectivity index (χ1) is 11.6. The molecular formula is C19H29ClN2O2. The molecule has 0 saturated carbocycles. The highest BCUT2D eigenvalue weighted by Gasteiger charge is 2.38. The monoisotopic (exact) mass is 352 g/mol. The number of amides is 1. The second kappa shape index (κ2) is 9.40. The predicted molar refractivity (Wildman–Crippen MR) is 98.1 cm³/mol. The van der Waals surface area contributed by atoms with Crippen LogP contribution in [-0.4, -0.2) is 30.6 Å². The van der Waals surface area contributed by atoms with Crippen LogP contribution in [0.4, 0.5) is 0 Å². The van der Waals surface area contributed by atoms with Crippen LogP contribution < -0.4 is 10.6 Å². The van der Waals surface area contributed by atoms with Crippen molar-refractivity contribution >= 4 is 17.5 Å². The lowest BCUT2D eigenvalue weighted by Crippen LogP contribution is -2.44. The Morgan fingerprint density at radius 2 is 2.33 bits per heavy atom. The molecule has 1 aliphatic rings. The number of rotatable bonds is 8. The van der Waals surface area contributed by atoms with Gasteiger partial charge < -0.3 is 15.7 Å². The largest absolute Gasteiger partial charge is 0.385 e. The van der Waals surface area contributed by atoms with Crippen LogP contribution in [0.5, 0.6) is 0 Å². The Labute approximate surface area is 150 Å². The number of carbonyl (C=O) groups excluding carboxylic acids is 1. The number of hydrogen-bond donors (Lipinski definition) is 3. The van der Waals surface area contributed by atoms with Gasteiger partial charge in [-0.25, -0.2) is 0 Å². The summed E-state index contributed by atoms with van der Waals surface area (Å²) in [6.07, 6.45) is 4.84. The van der Waals surface area contributed by atoms with Crippen molar-refractivity contribution in [2.75, 3.05) is 19.6 Å². The molecule has 0 aliphatic carbocycles. The minimum Gasteiger partial charge on any atom is -0.385 e. The van der Waals surface area contributed by atoms with Gasteiger partial charge in [0.1, 0.15) is 0 Å². The van der Waals surface area contributed by atoms with Crippen LogP contribution in [0.1, 0.15) is 51.0 Å². The summed E-state index contributed by atoms with van der Waals surface area (Å²) in [6.45, 7) is 4.41. The Kier molecular flexibility index (Phi) is 7.53. The molecule has 1 amide bonds. The smallest absolute Gasteiger partial charge is 0.219 e. The lowest BCUT2D eigenvalue weighted by molar-refractivity contribution is -0.121. The summed E-state index contributed by atoms with van der Waals surface area (Å²) < 4.78 is 0. The molecule has 1 aromatic carbocycles. The van der Waals surface area contributed by atoms with Crippen molar-refractivity contribution in [3.63, 3.8) is 0 Å². The summed E-state index contributed by atoms with van der Waals surface area (Å²) in [5.74, 6) is 0.249. The number of halogens is 1. The molecule has 1 fully saturated rings. The van der Waals surface area contributed by atoms with Gasteiger partial charge in [0, 0.05) is 30.5 Å². The van der Waals surface area contributed by atoms with Crippen molar-refractivity contribution < 1.29 is 9.90 Å². The summed E-state index contributed by atoms with van der Waals surface area (Å²) in [4.78, 5) is 11.6. The summed E-state index contributed by atoms with van der Waals surface area (Å²) >= 11 is 6.14. The van der Waals surface area contributed by atoms with Gasteiger partial charge in [0.15, 0.2) is 0 Å². The molecule has 24 heavy (non-hydrogen) atoms. The van der Waals surface area contributed by atoms with E-state index >= 15 is 0 Å². The Morgan fingerprint density at radius 3 is 3.00 bits per heavy atom. The molecule has 0 radical (unpaired) electrons. The molecule has 1 aliphatic heterocycles. The number of benzene rings is 1. The van der Waals surface area contributed by atoms with Gasteiger partial charge in [0.05, 0.1) is 5.60 Å². The zero-order valence-electron chi connectivity index (χ0n) is 14.5. The molecule has 1 heterocycles. The molecule has 0 spiro atoms. The van der Waals surface area contributed by atoms with Gasteiger partial charge in [-0.15, -0.1) is 0 Å². The zero-order chi connectivity index (χ0) is 17.4. The van der Waals surface area contributed by atoms with Crippen LogP contribution >= 0.6 is 11.6 Å². The van der Waals surface area contributed by atoms with E-state index in [4.69, 9.17) is 11.6 Å². The molecule has 2 rings (SSSR count). The van der Waals surface area contributed by atoms with E-state index < -0.39 is 5.60 Å². The fraction of sp³-hybridized carbons (Fsp3) is 0.632. The van der Waals surface area contributed by atoms with Crippen LogP contribution in [0, 0.1) is 5.92 Å². The predicted octanol–water partition coefficient (Wildman–Crippen LogP) is 3.22. The second-order valence-electron chi connectivity index (χ2n) is 6.68. The van der Waals surface area contributed by atoms with Crippen LogP contribution in [0.25, 0.3) is 0 Å². The second-order valence-corrected chi connectivity index (χ2v) is 7.12. The number of hydrogen-bond acceptors (Lipinski definition) is 3. The Bertz CT molecular complexity index is 532. The first kappa shape index (κ1) is 19.2. The van der Waals surface area contributed by atoms with Crippen molar-refractivity contribution in [1.82, 2.24) is 10.6 Å². The molecule has 2 atom stereocenters. The van der Waals surface area contributed by atoms with Gasteiger partial charge in [0.2, 0.25) is 5.91 Å². The minimum atomic E-state index is -0.909.